The molecule has 1 aromatic carbocycles. The van der Waals surface area contributed by atoms with E-state index in [1.54, 1.807) is 0 Å². The number of likely N-dealkylation sites (N-methyl/N-ethyl adjacent to an activating group) is 1. The van der Waals surface area contributed by atoms with Crippen molar-refractivity contribution in [3.8, 4) is 0 Å². The fourth-order valence-electron chi connectivity index (χ4n) is 4.34. The number of dihydropyridines is 1. The van der Waals surface area contributed by atoms with E-state index < -0.39 is 6.09 Å². The monoisotopic (exact) mass is 452 g/mol. The Bertz CT molecular complexity index is 1050. The van der Waals surface area contributed by atoms with Gasteiger partial charge in [-0.1, -0.05) is 24.3 Å². The summed E-state index contributed by atoms with van der Waals surface area (Å²) < 4.78 is 12.1. The summed E-state index contributed by atoms with van der Waals surface area (Å²) in [4.78, 5) is 29.6. The van der Waals surface area contributed by atoms with Crippen LogP contribution >= 0.6 is 0 Å². The van der Waals surface area contributed by atoms with Gasteiger partial charge in [0.2, 0.25) is 6.79 Å². The molecule has 2 aromatic rings. The molecule has 176 valence electrons. The van der Waals surface area contributed by atoms with Gasteiger partial charge >= 0.3 is 12.1 Å². The van der Waals surface area contributed by atoms with Crippen LogP contribution in [0.5, 0.6) is 0 Å². The second-order valence-electron chi connectivity index (χ2n) is 8.76. The summed E-state index contributed by atoms with van der Waals surface area (Å²) in [7, 11) is 4.04. The molecular formula is C25H32N4O4. The van der Waals surface area contributed by atoms with E-state index in [1.165, 1.54) is 10.3 Å². The average Bonchev–Trinajstić information content (AvgIpc) is 3.22. The number of likely N-dealkylation sites (tertiary alicyclic amines) is 1. The third-order valence-corrected chi connectivity index (χ3v) is 6.23. The van der Waals surface area contributed by atoms with Crippen LogP contribution in [0.15, 0.2) is 54.6 Å². The number of benzene rings is 1. The van der Waals surface area contributed by atoms with Crippen molar-refractivity contribution in [2.45, 2.75) is 25.7 Å². The number of piperidine rings is 1. The maximum absolute atomic E-state index is 12.7. The van der Waals surface area contributed by atoms with Crippen molar-refractivity contribution in [2.24, 2.45) is 5.92 Å². The summed E-state index contributed by atoms with van der Waals surface area (Å²) in [5, 5.41) is 4.14. The number of hydrogen-bond donors (Lipinski definition) is 1. The maximum Gasteiger partial charge on any atom is 0.421 e. The van der Waals surface area contributed by atoms with Gasteiger partial charge in [0.1, 0.15) is 0 Å². The van der Waals surface area contributed by atoms with E-state index in [0.29, 0.717) is 0 Å². The van der Waals surface area contributed by atoms with E-state index in [9.17, 15) is 9.59 Å². The van der Waals surface area contributed by atoms with Crippen LogP contribution in [0.2, 0.25) is 0 Å². The zero-order chi connectivity index (χ0) is 23.2. The maximum atomic E-state index is 12.7. The number of esters is 1. The second kappa shape index (κ2) is 10.6. The van der Waals surface area contributed by atoms with E-state index in [4.69, 9.17) is 9.47 Å². The quantitative estimate of drug-likeness (QED) is 0.510. The van der Waals surface area contributed by atoms with Crippen molar-refractivity contribution in [2.75, 3.05) is 40.5 Å². The average molecular weight is 453 g/mol. The number of para-hydroxylation sites is 1. The Morgan fingerprint density at radius 3 is 2.67 bits per heavy atom. The van der Waals surface area contributed by atoms with Gasteiger partial charge in [-0.05, 0) is 51.2 Å². The molecular weight excluding hydrogens is 420 g/mol. The highest BCUT2D eigenvalue weighted by Crippen LogP contribution is 2.24. The highest BCUT2D eigenvalue weighted by atomic mass is 16.7. The number of allylic oxidation sites excluding steroid dienone is 1. The van der Waals surface area contributed by atoms with Crippen molar-refractivity contribution in [1.29, 1.82) is 0 Å². The largest absolute Gasteiger partial charge is 0.428 e. The number of aromatic nitrogens is 1. The Morgan fingerprint density at radius 1 is 1.15 bits per heavy atom. The highest BCUT2D eigenvalue weighted by Gasteiger charge is 2.27. The van der Waals surface area contributed by atoms with E-state index in [-0.39, 0.29) is 18.7 Å². The van der Waals surface area contributed by atoms with Crippen LogP contribution in [-0.4, -0.2) is 67.0 Å². The molecule has 0 unspecified atom stereocenters. The number of fused-ring (bicyclic) bond motifs is 1. The Kier molecular flexibility index (Phi) is 7.34. The summed E-state index contributed by atoms with van der Waals surface area (Å²) in [6.07, 6.45) is 10.5. The van der Waals surface area contributed by atoms with Crippen molar-refractivity contribution in [3.05, 3.63) is 60.2 Å². The molecule has 0 aliphatic carbocycles. The Hall–Kier alpha value is -3.26. The molecule has 1 aromatic heterocycles. The lowest BCUT2D eigenvalue weighted by atomic mass is 9.96. The molecule has 2 aliphatic rings. The standard InChI is InChI=1S/C25H32N4O4/c1-27(2)13-9-20-17-29(23-8-4-3-7-22(20)23)25(31)33-18-32-24(30)19-10-14-28(15-11-19)21-6-5-12-26-16-21/h3-5,7-8,12,16-17,19,26H,6,9-11,13-15,18H2,1-2H3. The minimum Gasteiger partial charge on any atom is -0.428 e. The number of carbonyl (C=O) groups is 2. The summed E-state index contributed by atoms with van der Waals surface area (Å²) in [6, 6.07) is 7.75. The first-order valence-electron chi connectivity index (χ1n) is 11.5. The zero-order valence-corrected chi connectivity index (χ0v) is 19.3. The van der Waals surface area contributed by atoms with E-state index in [2.05, 4.69) is 21.2 Å². The van der Waals surface area contributed by atoms with E-state index in [1.807, 2.05) is 57.0 Å². The van der Waals surface area contributed by atoms with Crippen molar-refractivity contribution < 1.29 is 19.1 Å². The Morgan fingerprint density at radius 2 is 1.94 bits per heavy atom. The number of ether oxygens (including phenoxy) is 2. The first kappa shape index (κ1) is 22.9. The van der Waals surface area contributed by atoms with E-state index in [0.717, 1.165) is 61.8 Å². The highest BCUT2D eigenvalue weighted by molar-refractivity contribution is 5.92. The van der Waals surface area contributed by atoms with Gasteiger partial charge in [0.05, 0.1) is 11.4 Å². The first-order valence-corrected chi connectivity index (χ1v) is 11.5. The van der Waals surface area contributed by atoms with Crippen molar-refractivity contribution in [1.82, 2.24) is 19.7 Å². The number of hydrogen-bond acceptors (Lipinski definition) is 7. The summed E-state index contributed by atoms with van der Waals surface area (Å²) in [6.45, 7) is 2.12. The molecule has 0 amide bonds. The van der Waals surface area contributed by atoms with Crippen LogP contribution in [-0.2, 0) is 20.7 Å². The fraction of sp³-hybridized carbons (Fsp3) is 0.440. The van der Waals surface area contributed by atoms with Gasteiger partial charge in [0, 0.05) is 49.5 Å². The summed E-state index contributed by atoms with van der Waals surface area (Å²) in [5.74, 6) is -0.472. The van der Waals surface area contributed by atoms with Crippen LogP contribution in [0, 0.1) is 5.92 Å². The molecule has 33 heavy (non-hydrogen) atoms. The molecule has 0 radical (unpaired) electrons. The molecule has 0 atom stereocenters. The number of rotatable bonds is 7. The van der Waals surface area contributed by atoms with Crippen molar-refractivity contribution >= 4 is 23.0 Å². The molecule has 8 heteroatoms. The minimum absolute atomic E-state index is 0.169. The molecule has 0 saturated carbocycles. The van der Waals surface area contributed by atoms with Gasteiger partial charge in [0.25, 0.3) is 0 Å². The van der Waals surface area contributed by atoms with E-state index >= 15 is 0 Å². The predicted molar refractivity (Wildman–Crippen MR) is 126 cm³/mol. The summed E-state index contributed by atoms with van der Waals surface area (Å²) >= 11 is 0. The van der Waals surface area contributed by atoms with Crippen molar-refractivity contribution in [3.63, 3.8) is 0 Å². The lowest BCUT2D eigenvalue weighted by molar-refractivity contribution is -0.158. The van der Waals surface area contributed by atoms with Gasteiger partial charge in [-0.25, -0.2) is 4.79 Å². The normalized spacial score (nSPS) is 16.6. The van der Waals surface area contributed by atoms with Gasteiger partial charge in [-0.15, -0.1) is 0 Å². The molecule has 8 nitrogen and oxygen atoms in total. The second-order valence-corrected chi connectivity index (χ2v) is 8.76. The third-order valence-electron chi connectivity index (χ3n) is 6.23. The first-order chi connectivity index (χ1) is 16.0. The summed E-state index contributed by atoms with van der Waals surface area (Å²) in [5.41, 5.74) is 3.11. The predicted octanol–water partition coefficient (Wildman–Crippen LogP) is 3.29. The van der Waals surface area contributed by atoms with Gasteiger partial charge in [-0.2, -0.15) is 0 Å². The van der Waals surface area contributed by atoms with Gasteiger partial charge in [0.15, 0.2) is 0 Å². The lowest BCUT2D eigenvalue weighted by Crippen LogP contribution is -2.37. The molecule has 1 fully saturated rings. The number of nitrogens with zero attached hydrogens (tertiary/aromatic N) is 3. The molecule has 0 bridgehead atoms. The van der Waals surface area contributed by atoms with Crippen LogP contribution in [0.4, 0.5) is 4.79 Å². The van der Waals surface area contributed by atoms with Crippen LogP contribution in [0.3, 0.4) is 0 Å². The van der Waals surface area contributed by atoms with Crippen LogP contribution in [0.25, 0.3) is 10.9 Å². The molecule has 2 aliphatic heterocycles. The molecule has 1 saturated heterocycles. The van der Waals surface area contributed by atoms with Crippen LogP contribution in [0.1, 0.15) is 24.8 Å². The number of carbonyl (C=O) groups excluding carboxylic acids is 2. The zero-order valence-electron chi connectivity index (χ0n) is 19.3. The molecule has 0 spiro atoms. The molecule has 4 rings (SSSR count). The third kappa shape index (κ3) is 5.57. The smallest absolute Gasteiger partial charge is 0.421 e. The SMILES string of the molecule is CN(C)CCc1cn(C(=O)OCOC(=O)C2CCN(C3=CNC=CC3)CC2)c2ccccc12. The fourth-order valence-corrected chi connectivity index (χ4v) is 4.34. The molecule has 1 N–H and O–H groups in total. The Labute approximate surface area is 194 Å². The lowest BCUT2D eigenvalue weighted by Gasteiger charge is -2.34. The topological polar surface area (TPSA) is 76.0 Å². The van der Waals surface area contributed by atoms with Gasteiger partial charge in [-0.3, -0.25) is 9.36 Å². The van der Waals surface area contributed by atoms with Crippen LogP contribution < -0.4 is 5.32 Å². The molecule has 3 heterocycles. The Balaban J connectivity index is 1.28. The minimum atomic E-state index is -0.547. The number of nitrogens with one attached hydrogen (secondary N) is 1. The van der Waals surface area contributed by atoms with Gasteiger partial charge < -0.3 is 24.6 Å².